The Morgan fingerprint density at radius 2 is 1.95 bits per heavy atom. The molecule has 1 aromatic heterocycles. The number of aromatic nitrogens is 4. The van der Waals surface area contributed by atoms with Crippen LogP contribution in [0.1, 0.15) is 17.4 Å². The fourth-order valence-corrected chi connectivity index (χ4v) is 2.01. The van der Waals surface area contributed by atoms with Gasteiger partial charge in [-0.15, -0.1) is 10.2 Å². The number of benzene rings is 2. The summed E-state index contributed by atoms with van der Waals surface area (Å²) in [5, 5.41) is 15.9. The molecule has 2 aromatic carbocycles. The van der Waals surface area contributed by atoms with E-state index in [4.69, 9.17) is 10.5 Å². The molecular weight excluding hydrogens is 242 g/mol. The van der Waals surface area contributed by atoms with Crippen LogP contribution in [0.2, 0.25) is 0 Å². The van der Waals surface area contributed by atoms with Crippen LogP contribution in [0, 0.1) is 0 Å². The van der Waals surface area contributed by atoms with E-state index in [1.807, 2.05) is 36.4 Å². The van der Waals surface area contributed by atoms with Crippen LogP contribution in [0.5, 0.6) is 5.75 Å². The summed E-state index contributed by atoms with van der Waals surface area (Å²) in [6.07, 6.45) is 0. The first-order valence-corrected chi connectivity index (χ1v) is 5.84. The summed E-state index contributed by atoms with van der Waals surface area (Å²) in [4.78, 5) is 0. The van der Waals surface area contributed by atoms with Crippen molar-refractivity contribution < 1.29 is 4.74 Å². The van der Waals surface area contributed by atoms with Crippen LogP contribution in [-0.4, -0.2) is 27.7 Å². The third-order valence-electron chi connectivity index (χ3n) is 3.07. The van der Waals surface area contributed by atoms with Crippen LogP contribution >= 0.6 is 0 Å². The summed E-state index contributed by atoms with van der Waals surface area (Å²) in [6.45, 7) is 0. The summed E-state index contributed by atoms with van der Waals surface area (Å²) in [6, 6.07) is 11.5. The fourth-order valence-electron chi connectivity index (χ4n) is 2.01. The smallest absolute Gasteiger partial charge is 0.195 e. The summed E-state index contributed by atoms with van der Waals surface area (Å²) < 4.78 is 5.20. The van der Waals surface area contributed by atoms with E-state index in [0.29, 0.717) is 5.82 Å². The Hall–Kier alpha value is -2.47. The van der Waals surface area contributed by atoms with Crippen LogP contribution < -0.4 is 10.5 Å². The Morgan fingerprint density at radius 1 is 1.16 bits per heavy atom. The average Bonchev–Trinajstić information content (AvgIpc) is 2.99. The first kappa shape index (κ1) is 11.6. The predicted octanol–water partition coefficient (Wildman–Crippen LogP) is 1.41. The summed E-state index contributed by atoms with van der Waals surface area (Å²) in [5.74, 6) is 1.32. The summed E-state index contributed by atoms with van der Waals surface area (Å²) in [5.41, 5.74) is 7.04. The highest BCUT2D eigenvalue weighted by Crippen LogP contribution is 2.24. The number of tetrazole rings is 1. The van der Waals surface area contributed by atoms with Crippen LogP contribution in [0.15, 0.2) is 36.4 Å². The van der Waals surface area contributed by atoms with Gasteiger partial charge in [-0.25, -0.2) is 0 Å². The molecule has 0 bridgehead atoms. The minimum absolute atomic E-state index is 0.384. The molecule has 3 aromatic rings. The molecule has 1 unspecified atom stereocenters. The molecule has 0 amide bonds. The third-order valence-corrected chi connectivity index (χ3v) is 3.07. The molecule has 3 rings (SSSR count). The minimum atomic E-state index is -0.384. The number of nitrogens with two attached hydrogens (primary N) is 1. The molecule has 96 valence electrons. The normalized spacial score (nSPS) is 12.5. The number of methoxy groups -OCH3 is 1. The van der Waals surface area contributed by atoms with Crippen LogP contribution in [0.4, 0.5) is 0 Å². The lowest BCUT2D eigenvalue weighted by Crippen LogP contribution is -2.13. The first-order valence-electron chi connectivity index (χ1n) is 5.84. The highest BCUT2D eigenvalue weighted by Gasteiger charge is 2.13. The van der Waals surface area contributed by atoms with E-state index in [2.05, 4.69) is 20.6 Å². The molecule has 1 heterocycles. The SMILES string of the molecule is COc1ccc2cc(C(N)c3nn[nH]n3)ccc2c1. The van der Waals surface area contributed by atoms with Gasteiger partial charge in [0.15, 0.2) is 5.82 Å². The topological polar surface area (TPSA) is 89.7 Å². The monoisotopic (exact) mass is 255 g/mol. The standard InChI is InChI=1S/C13H13N5O/c1-19-11-5-4-8-6-10(3-2-9(8)7-11)12(14)13-15-17-18-16-13/h2-7,12H,14H2,1H3,(H,15,16,17,18). The second-order valence-corrected chi connectivity index (χ2v) is 4.22. The number of aromatic amines is 1. The van der Waals surface area contributed by atoms with Gasteiger partial charge in [0.2, 0.25) is 0 Å². The van der Waals surface area contributed by atoms with Crippen molar-refractivity contribution in [1.29, 1.82) is 0 Å². The van der Waals surface area contributed by atoms with Crippen molar-refractivity contribution in [2.75, 3.05) is 7.11 Å². The zero-order chi connectivity index (χ0) is 13.2. The van der Waals surface area contributed by atoms with Crippen molar-refractivity contribution >= 4 is 10.8 Å². The van der Waals surface area contributed by atoms with Gasteiger partial charge in [0, 0.05) is 0 Å². The molecule has 1 atom stereocenters. The van der Waals surface area contributed by atoms with Crippen molar-refractivity contribution in [2.45, 2.75) is 6.04 Å². The average molecular weight is 255 g/mol. The lowest BCUT2D eigenvalue weighted by atomic mass is 10.0. The molecule has 0 aliphatic rings. The van der Waals surface area contributed by atoms with E-state index >= 15 is 0 Å². The Bertz CT molecular complexity index is 695. The lowest BCUT2D eigenvalue weighted by molar-refractivity contribution is 0.415. The first-order chi connectivity index (χ1) is 9.28. The number of hydrogen-bond donors (Lipinski definition) is 2. The lowest BCUT2D eigenvalue weighted by Gasteiger charge is -2.09. The number of nitrogens with one attached hydrogen (secondary N) is 1. The molecule has 6 nitrogen and oxygen atoms in total. The van der Waals surface area contributed by atoms with Crippen LogP contribution in [-0.2, 0) is 0 Å². The van der Waals surface area contributed by atoms with Gasteiger partial charge in [-0.2, -0.15) is 5.21 Å². The van der Waals surface area contributed by atoms with Crippen molar-refractivity contribution in [3.05, 3.63) is 47.8 Å². The van der Waals surface area contributed by atoms with Crippen LogP contribution in [0.3, 0.4) is 0 Å². The molecular formula is C13H13N5O. The molecule has 0 radical (unpaired) electrons. The van der Waals surface area contributed by atoms with Crippen molar-refractivity contribution in [2.24, 2.45) is 5.73 Å². The van der Waals surface area contributed by atoms with Gasteiger partial charge in [0.05, 0.1) is 13.2 Å². The van der Waals surface area contributed by atoms with Gasteiger partial charge in [0.1, 0.15) is 5.75 Å². The van der Waals surface area contributed by atoms with E-state index in [1.54, 1.807) is 7.11 Å². The number of hydrogen-bond acceptors (Lipinski definition) is 5. The summed E-state index contributed by atoms with van der Waals surface area (Å²) in [7, 11) is 1.65. The third kappa shape index (κ3) is 2.13. The van der Waals surface area contributed by atoms with E-state index in [0.717, 1.165) is 22.1 Å². The Morgan fingerprint density at radius 3 is 2.68 bits per heavy atom. The molecule has 0 saturated carbocycles. The van der Waals surface area contributed by atoms with E-state index in [9.17, 15) is 0 Å². The zero-order valence-corrected chi connectivity index (χ0v) is 10.4. The number of rotatable bonds is 3. The summed E-state index contributed by atoms with van der Waals surface area (Å²) >= 11 is 0. The van der Waals surface area contributed by atoms with Gasteiger partial charge in [-0.3, -0.25) is 0 Å². The van der Waals surface area contributed by atoms with Crippen LogP contribution in [0.25, 0.3) is 10.8 Å². The maximum Gasteiger partial charge on any atom is 0.195 e. The maximum absolute atomic E-state index is 6.10. The second-order valence-electron chi connectivity index (χ2n) is 4.22. The number of H-pyrrole nitrogens is 1. The molecule has 0 spiro atoms. The highest BCUT2D eigenvalue weighted by molar-refractivity contribution is 5.84. The predicted molar refractivity (Wildman–Crippen MR) is 70.7 cm³/mol. The number of ether oxygens (including phenoxy) is 1. The van der Waals surface area contributed by atoms with Gasteiger partial charge < -0.3 is 10.5 Å². The minimum Gasteiger partial charge on any atom is -0.497 e. The van der Waals surface area contributed by atoms with E-state index in [-0.39, 0.29) is 6.04 Å². The maximum atomic E-state index is 6.10. The number of fused-ring (bicyclic) bond motifs is 1. The van der Waals surface area contributed by atoms with Gasteiger partial charge in [0.25, 0.3) is 0 Å². The Balaban J connectivity index is 2.02. The quantitative estimate of drug-likeness (QED) is 0.738. The molecule has 0 aliphatic heterocycles. The largest absolute Gasteiger partial charge is 0.497 e. The van der Waals surface area contributed by atoms with Crippen molar-refractivity contribution in [3.8, 4) is 5.75 Å². The molecule has 0 saturated heterocycles. The van der Waals surface area contributed by atoms with E-state index in [1.165, 1.54) is 0 Å². The fraction of sp³-hybridized carbons (Fsp3) is 0.154. The van der Waals surface area contributed by atoms with Crippen molar-refractivity contribution in [1.82, 2.24) is 20.6 Å². The second kappa shape index (κ2) is 4.66. The van der Waals surface area contributed by atoms with Gasteiger partial charge in [-0.1, -0.05) is 23.4 Å². The van der Waals surface area contributed by atoms with Crippen molar-refractivity contribution in [3.63, 3.8) is 0 Å². The highest BCUT2D eigenvalue weighted by atomic mass is 16.5. The molecule has 6 heteroatoms. The molecule has 19 heavy (non-hydrogen) atoms. The van der Waals surface area contributed by atoms with Gasteiger partial charge in [-0.05, 0) is 34.5 Å². The molecule has 0 fully saturated rings. The molecule has 0 aliphatic carbocycles. The van der Waals surface area contributed by atoms with Gasteiger partial charge >= 0.3 is 0 Å². The Labute approximate surface area is 109 Å². The molecule has 3 N–H and O–H groups in total. The number of nitrogens with zero attached hydrogens (tertiary/aromatic N) is 3. The van der Waals surface area contributed by atoms with E-state index < -0.39 is 0 Å². The Kier molecular flexibility index (Phi) is 2.85. The zero-order valence-electron chi connectivity index (χ0n) is 10.4.